The summed E-state index contributed by atoms with van der Waals surface area (Å²) in [5.41, 5.74) is 5.04. The molecule has 3 rings (SSSR count). The number of benzene rings is 1. The Kier molecular flexibility index (Phi) is 3.60. The number of aliphatic carboxylic acids is 2. The highest BCUT2D eigenvalue weighted by Gasteiger charge is 2.73. The second kappa shape index (κ2) is 5.34. The van der Waals surface area contributed by atoms with Crippen LogP contribution in [0.25, 0.3) is 0 Å². The van der Waals surface area contributed by atoms with Crippen molar-refractivity contribution in [1.29, 1.82) is 0 Å². The maximum Gasteiger partial charge on any atom is 0.324 e. The van der Waals surface area contributed by atoms with E-state index in [2.05, 4.69) is 5.32 Å². The monoisotopic (exact) mass is 318 g/mol. The zero-order valence-electron chi connectivity index (χ0n) is 12.3. The lowest BCUT2D eigenvalue weighted by atomic mass is 9.86. The van der Waals surface area contributed by atoms with Crippen LogP contribution in [0.15, 0.2) is 30.3 Å². The Morgan fingerprint density at radius 2 is 1.87 bits per heavy atom. The van der Waals surface area contributed by atoms with Crippen molar-refractivity contribution in [2.24, 2.45) is 29.4 Å². The number of fused-ring (bicyclic) bond motifs is 1. The van der Waals surface area contributed by atoms with E-state index in [0.717, 1.165) is 0 Å². The van der Waals surface area contributed by atoms with Gasteiger partial charge in [0.1, 0.15) is 5.54 Å². The fraction of sp³-hybridized carbons (Fsp3) is 0.438. The van der Waals surface area contributed by atoms with Crippen LogP contribution in [0, 0.1) is 23.7 Å². The highest BCUT2D eigenvalue weighted by Crippen LogP contribution is 2.65. The van der Waals surface area contributed by atoms with Gasteiger partial charge in [0, 0.05) is 18.0 Å². The molecule has 7 nitrogen and oxygen atoms in total. The zero-order valence-corrected chi connectivity index (χ0v) is 12.3. The molecule has 1 aromatic carbocycles. The van der Waals surface area contributed by atoms with Crippen LogP contribution >= 0.6 is 0 Å². The van der Waals surface area contributed by atoms with Crippen molar-refractivity contribution in [1.82, 2.24) is 0 Å². The van der Waals surface area contributed by atoms with Gasteiger partial charge in [0.15, 0.2) is 0 Å². The average Bonchev–Trinajstić information content (AvgIpc) is 3.17. The van der Waals surface area contributed by atoms with Gasteiger partial charge in [0.05, 0.1) is 5.92 Å². The maximum absolute atomic E-state index is 12.1. The molecule has 0 heterocycles. The van der Waals surface area contributed by atoms with Crippen LogP contribution < -0.4 is 11.1 Å². The topological polar surface area (TPSA) is 130 Å². The van der Waals surface area contributed by atoms with Gasteiger partial charge in [-0.15, -0.1) is 0 Å². The summed E-state index contributed by atoms with van der Waals surface area (Å²) in [6, 6.07) is 8.90. The third-order valence-corrected chi connectivity index (χ3v) is 5.00. The average molecular weight is 318 g/mol. The standard InChI is InChI=1S/C16H18N2O5/c17-16(15(22)23)7-8(11-12(13(11)16)14(20)21)6-10(19)18-9-4-2-1-3-5-9/h1-5,8,11-13H,6-7,17H2,(H,18,19)(H,20,21)(H,22,23). The van der Waals surface area contributed by atoms with Crippen molar-refractivity contribution in [3.8, 4) is 0 Å². The molecule has 7 heteroatoms. The summed E-state index contributed by atoms with van der Waals surface area (Å²) in [7, 11) is 0. The Morgan fingerprint density at radius 3 is 2.43 bits per heavy atom. The number of carboxylic acids is 2. The van der Waals surface area contributed by atoms with Crippen LogP contribution in [0.4, 0.5) is 5.69 Å². The minimum absolute atomic E-state index is 0.0755. The molecule has 2 aliphatic rings. The van der Waals surface area contributed by atoms with Gasteiger partial charge >= 0.3 is 11.9 Å². The predicted molar refractivity (Wildman–Crippen MR) is 80.5 cm³/mol. The molecule has 2 fully saturated rings. The summed E-state index contributed by atoms with van der Waals surface area (Å²) < 4.78 is 0. The number of carbonyl (C=O) groups excluding carboxylic acids is 1. The molecule has 1 amide bonds. The zero-order chi connectivity index (χ0) is 16.8. The second-order valence-electron chi connectivity index (χ2n) is 6.40. The number of hydrogen-bond acceptors (Lipinski definition) is 4. The van der Waals surface area contributed by atoms with E-state index in [9.17, 15) is 24.6 Å². The molecule has 0 aromatic heterocycles. The van der Waals surface area contributed by atoms with E-state index in [4.69, 9.17) is 5.73 Å². The van der Waals surface area contributed by atoms with Crippen molar-refractivity contribution in [3.63, 3.8) is 0 Å². The quantitative estimate of drug-likeness (QED) is 0.634. The SMILES string of the molecule is NC1(C(=O)O)CC(CC(=O)Nc2ccccc2)C2C(C(=O)O)C21. The molecule has 0 spiro atoms. The Balaban J connectivity index is 1.70. The van der Waals surface area contributed by atoms with Gasteiger partial charge in [-0.05, 0) is 30.4 Å². The Labute approximate surface area is 132 Å². The number of nitrogens with one attached hydrogen (secondary N) is 1. The molecule has 0 aliphatic heterocycles. The molecule has 23 heavy (non-hydrogen) atoms. The number of anilines is 1. The highest BCUT2D eigenvalue weighted by atomic mass is 16.4. The van der Waals surface area contributed by atoms with E-state index in [1.807, 2.05) is 6.07 Å². The van der Waals surface area contributed by atoms with E-state index < -0.39 is 29.3 Å². The van der Waals surface area contributed by atoms with Crippen molar-refractivity contribution < 1.29 is 24.6 Å². The van der Waals surface area contributed by atoms with Gasteiger partial charge in [-0.3, -0.25) is 14.4 Å². The molecule has 122 valence electrons. The third kappa shape index (κ3) is 2.57. The van der Waals surface area contributed by atoms with Gasteiger partial charge in [-0.1, -0.05) is 18.2 Å². The van der Waals surface area contributed by atoms with E-state index in [1.54, 1.807) is 24.3 Å². The van der Waals surface area contributed by atoms with Crippen LogP contribution in [0.2, 0.25) is 0 Å². The van der Waals surface area contributed by atoms with E-state index in [-0.39, 0.29) is 30.6 Å². The Hall–Kier alpha value is -2.41. The first-order valence-corrected chi connectivity index (χ1v) is 7.44. The number of nitrogens with two attached hydrogens (primary N) is 1. The highest BCUT2D eigenvalue weighted by molar-refractivity contribution is 5.91. The second-order valence-corrected chi connectivity index (χ2v) is 6.40. The van der Waals surface area contributed by atoms with Crippen LogP contribution in [-0.2, 0) is 14.4 Å². The first kappa shape index (κ1) is 15.5. The van der Waals surface area contributed by atoms with Gasteiger partial charge < -0.3 is 21.3 Å². The molecule has 2 saturated carbocycles. The summed E-state index contributed by atoms with van der Waals surface area (Å²) in [5.74, 6) is -4.51. The number of carboxylic acid groups (broad SMARTS) is 2. The lowest BCUT2D eigenvalue weighted by Gasteiger charge is -2.24. The van der Waals surface area contributed by atoms with Crippen molar-refractivity contribution in [2.75, 3.05) is 5.32 Å². The number of para-hydroxylation sites is 1. The molecule has 0 bridgehead atoms. The Morgan fingerprint density at radius 1 is 1.22 bits per heavy atom. The summed E-state index contributed by atoms with van der Waals surface area (Å²) in [5, 5.41) is 21.3. The molecule has 0 saturated heterocycles. The van der Waals surface area contributed by atoms with Crippen LogP contribution in [0.1, 0.15) is 12.8 Å². The van der Waals surface area contributed by atoms with Gasteiger partial charge in [-0.25, -0.2) is 0 Å². The summed E-state index contributed by atoms with van der Waals surface area (Å²) >= 11 is 0. The lowest BCUT2D eigenvalue weighted by Crippen LogP contribution is -2.50. The summed E-state index contributed by atoms with van der Waals surface area (Å²) in [4.78, 5) is 34.8. The molecular formula is C16H18N2O5. The van der Waals surface area contributed by atoms with Crippen LogP contribution in [0.3, 0.4) is 0 Å². The van der Waals surface area contributed by atoms with E-state index in [1.165, 1.54) is 0 Å². The van der Waals surface area contributed by atoms with Gasteiger partial charge in [0.2, 0.25) is 5.91 Å². The number of carbonyl (C=O) groups is 3. The maximum atomic E-state index is 12.1. The molecule has 1 aromatic rings. The minimum Gasteiger partial charge on any atom is -0.481 e. The first-order valence-electron chi connectivity index (χ1n) is 7.44. The van der Waals surface area contributed by atoms with Crippen LogP contribution in [0.5, 0.6) is 0 Å². The first-order chi connectivity index (χ1) is 10.8. The Bertz CT molecular complexity index is 662. The summed E-state index contributed by atoms with van der Waals surface area (Å²) in [6.07, 6.45) is 0.204. The fourth-order valence-corrected chi connectivity index (χ4v) is 4.02. The summed E-state index contributed by atoms with van der Waals surface area (Å²) in [6.45, 7) is 0. The third-order valence-electron chi connectivity index (χ3n) is 5.00. The fourth-order valence-electron chi connectivity index (χ4n) is 4.02. The van der Waals surface area contributed by atoms with Crippen LogP contribution in [-0.4, -0.2) is 33.6 Å². The van der Waals surface area contributed by atoms with Crippen molar-refractivity contribution in [2.45, 2.75) is 18.4 Å². The molecule has 5 atom stereocenters. The predicted octanol–water partition coefficient (Wildman–Crippen LogP) is 0.764. The smallest absolute Gasteiger partial charge is 0.324 e. The number of hydrogen-bond donors (Lipinski definition) is 4. The molecule has 2 aliphatic carbocycles. The van der Waals surface area contributed by atoms with Crippen molar-refractivity contribution >= 4 is 23.5 Å². The largest absolute Gasteiger partial charge is 0.481 e. The molecule has 5 N–H and O–H groups in total. The van der Waals surface area contributed by atoms with Gasteiger partial charge in [-0.2, -0.15) is 0 Å². The normalized spacial score (nSPS) is 34.5. The molecule has 5 unspecified atom stereocenters. The minimum atomic E-state index is -1.55. The lowest BCUT2D eigenvalue weighted by molar-refractivity contribution is -0.146. The van der Waals surface area contributed by atoms with E-state index >= 15 is 0 Å². The van der Waals surface area contributed by atoms with Gasteiger partial charge in [0.25, 0.3) is 0 Å². The number of amides is 1. The molecular weight excluding hydrogens is 300 g/mol. The van der Waals surface area contributed by atoms with Crippen molar-refractivity contribution in [3.05, 3.63) is 30.3 Å². The number of rotatable bonds is 5. The molecule has 0 radical (unpaired) electrons. The van der Waals surface area contributed by atoms with E-state index in [0.29, 0.717) is 5.69 Å².